The van der Waals surface area contributed by atoms with Crippen LogP contribution in [0, 0.1) is 6.92 Å². The SMILES string of the molecule is COc1ccc(Cc2cnc(N)s2)cc1C. The number of nitrogens with zero attached hydrogens (tertiary/aromatic N) is 1. The summed E-state index contributed by atoms with van der Waals surface area (Å²) in [4.78, 5) is 5.22. The van der Waals surface area contributed by atoms with Gasteiger partial charge in [0, 0.05) is 17.5 Å². The first kappa shape index (κ1) is 11.0. The minimum Gasteiger partial charge on any atom is -0.496 e. The molecule has 0 atom stereocenters. The van der Waals surface area contributed by atoms with E-state index < -0.39 is 0 Å². The predicted molar refractivity (Wildman–Crippen MR) is 67.1 cm³/mol. The number of nitrogens with two attached hydrogens (primary N) is 1. The molecule has 4 heteroatoms. The van der Waals surface area contributed by atoms with Gasteiger partial charge in [0.25, 0.3) is 0 Å². The lowest BCUT2D eigenvalue weighted by Gasteiger charge is -2.06. The van der Waals surface area contributed by atoms with Gasteiger partial charge in [-0.1, -0.05) is 12.1 Å². The summed E-state index contributed by atoms with van der Waals surface area (Å²) in [5.74, 6) is 0.924. The molecule has 0 saturated carbocycles. The van der Waals surface area contributed by atoms with Gasteiger partial charge < -0.3 is 10.5 Å². The second-order valence-electron chi connectivity index (χ2n) is 3.65. The molecule has 0 unspecified atom stereocenters. The summed E-state index contributed by atoms with van der Waals surface area (Å²) in [6.45, 7) is 2.05. The smallest absolute Gasteiger partial charge is 0.180 e. The van der Waals surface area contributed by atoms with E-state index in [1.54, 1.807) is 7.11 Å². The summed E-state index contributed by atoms with van der Waals surface area (Å²) in [7, 11) is 1.69. The maximum absolute atomic E-state index is 5.60. The Morgan fingerprint density at radius 1 is 1.44 bits per heavy atom. The van der Waals surface area contributed by atoms with Crippen molar-refractivity contribution in [3.63, 3.8) is 0 Å². The molecule has 2 rings (SSSR count). The number of aryl methyl sites for hydroxylation is 1. The van der Waals surface area contributed by atoms with Crippen LogP contribution < -0.4 is 10.5 Å². The average molecular weight is 234 g/mol. The Kier molecular flexibility index (Phi) is 3.10. The first-order valence-corrected chi connectivity index (χ1v) is 5.84. The van der Waals surface area contributed by atoms with Gasteiger partial charge in [-0.25, -0.2) is 4.98 Å². The maximum atomic E-state index is 5.60. The molecule has 0 aliphatic carbocycles. The minimum absolute atomic E-state index is 0.625. The Morgan fingerprint density at radius 3 is 2.81 bits per heavy atom. The molecular formula is C12H14N2OS. The van der Waals surface area contributed by atoms with Gasteiger partial charge >= 0.3 is 0 Å². The molecule has 0 amide bonds. The second kappa shape index (κ2) is 4.53. The molecule has 0 fully saturated rings. The number of nitrogen functional groups attached to an aromatic ring is 1. The van der Waals surface area contributed by atoms with Crippen LogP contribution in [0.3, 0.4) is 0 Å². The van der Waals surface area contributed by atoms with Gasteiger partial charge in [-0.15, -0.1) is 11.3 Å². The van der Waals surface area contributed by atoms with Crippen molar-refractivity contribution in [1.29, 1.82) is 0 Å². The molecule has 84 valence electrons. The van der Waals surface area contributed by atoms with Crippen molar-refractivity contribution in [3.8, 4) is 5.75 Å². The summed E-state index contributed by atoms with van der Waals surface area (Å²) in [5, 5.41) is 0.625. The number of anilines is 1. The Bertz CT molecular complexity index is 494. The zero-order valence-corrected chi connectivity index (χ0v) is 10.2. The van der Waals surface area contributed by atoms with E-state index in [9.17, 15) is 0 Å². The van der Waals surface area contributed by atoms with Crippen LogP contribution in [-0.2, 0) is 6.42 Å². The zero-order chi connectivity index (χ0) is 11.5. The maximum Gasteiger partial charge on any atom is 0.180 e. The Balaban J connectivity index is 2.19. The molecule has 2 N–H and O–H groups in total. The molecule has 0 saturated heterocycles. The summed E-state index contributed by atoms with van der Waals surface area (Å²) >= 11 is 1.53. The number of hydrogen-bond acceptors (Lipinski definition) is 4. The molecule has 0 spiro atoms. The Labute approximate surface area is 98.9 Å². The fourth-order valence-corrected chi connectivity index (χ4v) is 2.37. The molecule has 0 aliphatic rings. The lowest BCUT2D eigenvalue weighted by atomic mass is 10.1. The number of rotatable bonds is 3. The predicted octanol–water partition coefficient (Wildman–Crippen LogP) is 2.63. The summed E-state index contributed by atoms with van der Waals surface area (Å²) in [5.41, 5.74) is 8.00. The van der Waals surface area contributed by atoms with Crippen molar-refractivity contribution in [3.05, 3.63) is 40.4 Å². The third-order valence-electron chi connectivity index (χ3n) is 2.41. The summed E-state index contributed by atoms with van der Waals surface area (Å²) in [6.07, 6.45) is 2.71. The lowest BCUT2D eigenvalue weighted by Crippen LogP contribution is -1.90. The molecule has 16 heavy (non-hydrogen) atoms. The lowest BCUT2D eigenvalue weighted by molar-refractivity contribution is 0.411. The quantitative estimate of drug-likeness (QED) is 0.888. The highest BCUT2D eigenvalue weighted by Gasteiger charge is 2.03. The van der Waals surface area contributed by atoms with E-state index in [2.05, 4.69) is 17.1 Å². The largest absolute Gasteiger partial charge is 0.496 e. The van der Waals surface area contributed by atoms with Gasteiger partial charge in [-0.05, 0) is 24.1 Å². The average Bonchev–Trinajstić information content (AvgIpc) is 2.64. The van der Waals surface area contributed by atoms with Crippen molar-refractivity contribution in [1.82, 2.24) is 4.98 Å². The van der Waals surface area contributed by atoms with E-state index in [0.29, 0.717) is 5.13 Å². The highest BCUT2D eigenvalue weighted by Crippen LogP contribution is 2.22. The van der Waals surface area contributed by atoms with Crippen LogP contribution in [0.25, 0.3) is 0 Å². The number of hydrogen-bond donors (Lipinski definition) is 1. The van der Waals surface area contributed by atoms with Crippen molar-refractivity contribution < 1.29 is 4.74 Å². The number of thiazole rings is 1. The normalized spacial score (nSPS) is 10.4. The summed E-state index contributed by atoms with van der Waals surface area (Å²) < 4.78 is 5.22. The van der Waals surface area contributed by atoms with E-state index in [0.717, 1.165) is 17.7 Å². The van der Waals surface area contributed by atoms with Gasteiger partial charge in [0.2, 0.25) is 0 Å². The van der Waals surface area contributed by atoms with Crippen molar-refractivity contribution in [2.45, 2.75) is 13.3 Å². The topological polar surface area (TPSA) is 48.1 Å². The van der Waals surface area contributed by atoms with Gasteiger partial charge in [-0.2, -0.15) is 0 Å². The molecule has 2 aromatic rings. The molecule has 3 nitrogen and oxygen atoms in total. The van der Waals surface area contributed by atoms with Crippen LogP contribution in [0.1, 0.15) is 16.0 Å². The van der Waals surface area contributed by atoms with E-state index in [-0.39, 0.29) is 0 Å². The minimum atomic E-state index is 0.625. The van der Waals surface area contributed by atoms with Crippen LogP contribution in [0.15, 0.2) is 24.4 Å². The van der Waals surface area contributed by atoms with E-state index in [1.165, 1.54) is 21.8 Å². The standard InChI is InChI=1S/C12H14N2OS/c1-8-5-9(3-4-11(8)15-2)6-10-7-14-12(13)16-10/h3-5,7H,6H2,1-2H3,(H2,13,14). The van der Waals surface area contributed by atoms with Crippen LogP contribution in [-0.4, -0.2) is 12.1 Å². The molecule has 1 heterocycles. The Morgan fingerprint density at radius 2 is 2.25 bits per heavy atom. The molecule has 0 radical (unpaired) electrons. The molecule has 0 bridgehead atoms. The molecule has 1 aromatic heterocycles. The van der Waals surface area contributed by atoms with E-state index >= 15 is 0 Å². The number of benzene rings is 1. The monoisotopic (exact) mass is 234 g/mol. The van der Waals surface area contributed by atoms with Gasteiger partial charge in [0.05, 0.1) is 7.11 Å². The Hall–Kier alpha value is -1.55. The van der Waals surface area contributed by atoms with Crippen LogP contribution in [0.2, 0.25) is 0 Å². The first-order valence-electron chi connectivity index (χ1n) is 5.02. The highest BCUT2D eigenvalue weighted by atomic mass is 32.1. The first-order chi connectivity index (χ1) is 7.69. The van der Waals surface area contributed by atoms with Crippen LogP contribution in [0.5, 0.6) is 5.75 Å². The number of methoxy groups -OCH3 is 1. The molecule has 0 aliphatic heterocycles. The third kappa shape index (κ3) is 2.33. The molecular weight excluding hydrogens is 220 g/mol. The van der Waals surface area contributed by atoms with Crippen LogP contribution >= 0.6 is 11.3 Å². The fraction of sp³-hybridized carbons (Fsp3) is 0.250. The zero-order valence-electron chi connectivity index (χ0n) is 9.36. The van der Waals surface area contributed by atoms with Gasteiger partial charge in [0.1, 0.15) is 5.75 Å². The number of aromatic nitrogens is 1. The van der Waals surface area contributed by atoms with Crippen molar-refractivity contribution in [2.24, 2.45) is 0 Å². The van der Waals surface area contributed by atoms with Gasteiger partial charge in [-0.3, -0.25) is 0 Å². The third-order valence-corrected chi connectivity index (χ3v) is 3.24. The van der Waals surface area contributed by atoms with Crippen molar-refractivity contribution >= 4 is 16.5 Å². The van der Waals surface area contributed by atoms with E-state index in [4.69, 9.17) is 10.5 Å². The number of ether oxygens (including phenoxy) is 1. The van der Waals surface area contributed by atoms with E-state index in [1.807, 2.05) is 19.2 Å². The fourth-order valence-electron chi connectivity index (χ4n) is 1.66. The van der Waals surface area contributed by atoms with Gasteiger partial charge in [0.15, 0.2) is 5.13 Å². The molecule has 1 aromatic carbocycles. The summed E-state index contributed by atoms with van der Waals surface area (Å²) in [6, 6.07) is 6.20. The van der Waals surface area contributed by atoms with Crippen LogP contribution in [0.4, 0.5) is 5.13 Å². The highest BCUT2D eigenvalue weighted by molar-refractivity contribution is 7.15. The second-order valence-corrected chi connectivity index (χ2v) is 4.79. The van der Waals surface area contributed by atoms with Crippen molar-refractivity contribution in [2.75, 3.05) is 12.8 Å².